The standard InChI is InChI=1S/C34H43N5O9S/c1-19-5-4-6-20(2)28(36-33(43)44)31(41)39-18-24(48-30-26-12-9-23(47-3)15-21(26)13-14-35-30)16-27(39)29(40)37-34(17-22(34)8-7-19)32(42)38-49(45,46)25-10-11-25/h7-9,12-15,19-20,22,24-25,27-28,36H,4-6,10-11,16-18H2,1-3H3,(H,37,40)(H,38,42)(H,43,44)/t19-,20+,22+,24+,27-,28-,34+/m0/s1. The molecule has 2 aliphatic carbocycles. The minimum absolute atomic E-state index is 0.0234. The van der Waals surface area contributed by atoms with Crippen molar-refractivity contribution in [1.82, 2.24) is 25.2 Å². The normalized spacial score (nSPS) is 30.6. The van der Waals surface area contributed by atoms with Crippen LogP contribution in [0.15, 0.2) is 42.6 Å². The Labute approximate surface area is 285 Å². The van der Waals surface area contributed by atoms with E-state index < -0.39 is 68.7 Å². The van der Waals surface area contributed by atoms with E-state index >= 15 is 0 Å². The predicted octanol–water partition coefficient (Wildman–Crippen LogP) is 2.72. The summed E-state index contributed by atoms with van der Waals surface area (Å²) in [6.45, 7) is 3.76. The quantitative estimate of drug-likeness (QED) is 0.313. The Hall–Kier alpha value is -4.40. The molecule has 0 radical (unpaired) electrons. The zero-order valence-electron chi connectivity index (χ0n) is 27.8. The molecule has 0 unspecified atom stereocenters. The zero-order chi connectivity index (χ0) is 35.1. The van der Waals surface area contributed by atoms with Crippen molar-refractivity contribution in [3.63, 3.8) is 0 Å². The fourth-order valence-corrected chi connectivity index (χ4v) is 8.32. The molecule has 3 heterocycles. The third-order valence-corrected chi connectivity index (χ3v) is 12.0. The molecule has 1 saturated heterocycles. The highest BCUT2D eigenvalue weighted by atomic mass is 32.2. The van der Waals surface area contributed by atoms with Gasteiger partial charge in [0.2, 0.25) is 27.7 Å². The Morgan fingerprint density at radius 3 is 2.59 bits per heavy atom. The van der Waals surface area contributed by atoms with Crippen molar-refractivity contribution in [3.05, 3.63) is 42.6 Å². The van der Waals surface area contributed by atoms with Crippen molar-refractivity contribution in [3.8, 4) is 11.6 Å². The molecule has 14 nitrogen and oxygen atoms in total. The van der Waals surface area contributed by atoms with E-state index in [1.54, 1.807) is 38.4 Å². The number of rotatable bonds is 7. The van der Waals surface area contributed by atoms with E-state index in [0.717, 1.165) is 11.8 Å². The Morgan fingerprint density at radius 2 is 1.88 bits per heavy atom. The molecule has 4 aliphatic rings. The number of aromatic nitrogens is 1. The van der Waals surface area contributed by atoms with E-state index in [1.807, 2.05) is 25.1 Å². The summed E-state index contributed by atoms with van der Waals surface area (Å²) in [5, 5.41) is 15.8. The number of carbonyl (C=O) groups is 4. The summed E-state index contributed by atoms with van der Waals surface area (Å²) in [7, 11) is -2.33. The number of nitrogens with one attached hydrogen (secondary N) is 3. The third-order valence-electron chi connectivity index (χ3n) is 10.1. The highest BCUT2D eigenvalue weighted by molar-refractivity contribution is 7.91. The monoisotopic (exact) mass is 697 g/mol. The van der Waals surface area contributed by atoms with Gasteiger partial charge < -0.3 is 30.1 Å². The maximum atomic E-state index is 14.2. The average molecular weight is 698 g/mol. The summed E-state index contributed by atoms with van der Waals surface area (Å²) in [6, 6.07) is 4.93. The van der Waals surface area contributed by atoms with Crippen LogP contribution >= 0.6 is 0 Å². The van der Waals surface area contributed by atoms with Gasteiger partial charge in [-0.2, -0.15) is 0 Å². The van der Waals surface area contributed by atoms with Crippen molar-refractivity contribution in [2.24, 2.45) is 17.8 Å². The van der Waals surface area contributed by atoms with Crippen LogP contribution in [0.5, 0.6) is 11.6 Å². The van der Waals surface area contributed by atoms with Gasteiger partial charge in [-0.15, -0.1) is 0 Å². The Balaban J connectivity index is 1.33. The van der Waals surface area contributed by atoms with Crippen LogP contribution in [0.2, 0.25) is 0 Å². The molecule has 7 atom stereocenters. The van der Waals surface area contributed by atoms with Gasteiger partial charge in [0.1, 0.15) is 29.5 Å². The first kappa shape index (κ1) is 34.5. The summed E-state index contributed by atoms with van der Waals surface area (Å²) >= 11 is 0. The SMILES string of the molecule is COc1ccc2c(O[C@@H]3C[C@H]4C(=O)N[C@]5(C(=O)NS(=O)(=O)C6CC6)C[C@H]5C=C[C@@H](C)CCC[C@@H](C)[C@H](NC(=O)O)C(=O)N4C3)nccc2c1. The lowest BCUT2D eigenvalue weighted by atomic mass is 9.92. The number of allylic oxidation sites excluding steroid dienone is 1. The molecular weight excluding hydrogens is 654 g/mol. The summed E-state index contributed by atoms with van der Waals surface area (Å²) in [5.41, 5.74) is -1.52. The molecule has 49 heavy (non-hydrogen) atoms. The number of sulfonamides is 1. The number of ether oxygens (including phenoxy) is 2. The number of carboxylic acid groups (broad SMARTS) is 1. The lowest BCUT2D eigenvalue weighted by molar-refractivity contribution is -0.142. The second-order valence-electron chi connectivity index (χ2n) is 13.8. The topological polar surface area (TPSA) is 193 Å². The molecule has 2 saturated carbocycles. The zero-order valence-corrected chi connectivity index (χ0v) is 28.6. The first-order chi connectivity index (χ1) is 23.3. The Kier molecular flexibility index (Phi) is 9.48. The average Bonchev–Trinajstić information content (AvgIpc) is 3.98. The van der Waals surface area contributed by atoms with Gasteiger partial charge >= 0.3 is 6.09 Å². The first-order valence-electron chi connectivity index (χ1n) is 16.8. The molecule has 4 amide bonds. The number of fused-ring (bicyclic) bond motifs is 3. The molecule has 0 spiro atoms. The van der Waals surface area contributed by atoms with Crippen molar-refractivity contribution in [1.29, 1.82) is 0 Å². The lowest BCUT2D eigenvalue weighted by Crippen LogP contribution is -2.59. The number of amides is 4. The number of benzene rings is 1. The van der Waals surface area contributed by atoms with Gasteiger partial charge in [-0.25, -0.2) is 18.2 Å². The fraction of sp³-hybridized carbons (Fsp3) is 0.559. The second kappa shape index (κ2) is 13.5. The largest absolute Gasteiger partial charge is 0.497 e. The van der Waals surface area contributed by atoms with Crippen LogP contribution in [0.3, 0.4) is 0 Å². The van der Waals surface area contributed by atoms with Gasteiger partial charge in [0.05, 0.1) is 18.9 Å². The number of carbonyl (C=O) groups excluding carboxylic acids is 3. The van der Waals surface area contributed by atoms with Crippen LogP contribution in [0.25, 0.3) is 10.8 Å². The molecule has 1 aromatic heterocycles. The number of pyridine rings is 1. The van der Waals surface area contributed by atoms with E-state index in [9.17, 15) is 32.7 Å². The highest BCUT2D eigenvalue weighted by Crippen LogP contribution is 2.46. The van der Waals surface area contributed by atoms with Crippen molar-refractivity contribution in [2.45, 2.75) is 87.8 Å². The van der Waals surface area contributed by atoms with Crippen LogP contribution < -0.4 is 24.8 Å². The Bertz CT molecular complexity index is 1780. The minimum Gasteiger partial charge on any atom is -0.497 e. The van der Waals surface area contributed by atoms with E-state index in [4.69, 9.17) is 9.47 Å². The van der Waals surface area contributed by atoms with Crippen LogP contribution in [-0.2, 0) is 24.4 Å². The molecule has 3 fully saturated rings. The second-order valence-corrected chi connectivity index (χ2v) is 15.8. The van der Waals surface area contributed by atoms with Crippen molar-refractivity contribution >= 4 is 44.6 Å². The minimum atomic E-state index is -3.90. The molecule has 2 aliphatic heterocycles. The van der Waals surface area contributed by atoms with Crippen LogP contribution in [0, 0.1) is 17.8 Å². The van der Waals surface area contributed by atoms with E-state index in [-0.39, 0.29) is 37.1 Å². The molecule has 0 bridgehead atoms. The van der Waals surface area contributed by atoms with E-state index in [1.165, 1.54) is 4.90 Å². The molecular formula is C34H43N5O9S. The maximum Gasteiger partial charge on any atom is 0.405 e. The number of hydrogen-bond donors (Lipinski definition) is 4. The van der Waals surface area contributed by atoms with Crippen molar-refractivity contribution in [2.75, 3.05) is 13.7 Å². The van der Waals surface area contributed by atoms with E-state index in [0.29, 0.717) is 36.8 Å². The van der Waals surface area contributed by atoms with E-state index in [2.05, 4.69) is 20.3 Å². The predicted molar refractivity (Wildman–Crippen MR) is 178 cm³/mol. The Morgan fingerprint density at radius 1 is 1.10 bits per heavy atom. The first-order valence-corrected chi connectivity index (χ1v) is 18.3. The molecule has 4 N–H and O–H groups in total. The number of methoxy groups -OCH3 is 1. The summed E-state index contributed by atoms with van der Waals surface area (Å²) < 4.78 is 39.4. The summed E-state index contributed by atoms with van der Waals surface area (Å²) in [5.74, 6) is -1.86. The van der Waals surface area contributed by atoms with Gasteiger partial charge in [0, 0.05) is 23.9 Å². The van der Waals surface area contributed by atoms with Gasteiger partial charge in [-0.3, -0.25) is 19.1 Å². The van der Waals surface area contributed by atoms with Gasteiger partial charge in [-0.1, -0.05) is 32.4 Å². The summed E-state index contributed by atoms with van der Waals surface area (Å²) in [4.78, 5) is 59.7. The molecule has 15 heteroatoms. The smallest absolute Gasteiger partial charge is 0.405 e. The van der Waals surface area contributed by atoms with Gasteiger partial charge in [0.15, 0.2) is 0 Å². The highest BCUT2D eigenvalue weighted by Gasteiger charge is 2.62. The van der Waals surface area contributed by atoms with Crippen LogP contribution in [0.1, 0.15) is 58.8 Å². The van der Waals surface area contributed by atoms with Gasteiger partial charge in [0.25, 0.3) is 5.91 Å². The third kappa shape index (κ3) is 7.31. The molecule has 6 rings (SSSR count). The van der Waals surface area contributed by atoms with Crippen LogP contribution in [-0.4, -0.2) is 89.9 Å². The summed E-state index contributed by atoms with van der Waals surface area (Å²) in [6.07, 6.45) is 6.47. The fourth-order valence-electron chi connectivity index (χ4n) is 6.96. The maximum absolute atomic E-state index is 14.2. The van der Waals surface area contributed by atoms with Gasteiger partial charge in [-0.05, 0) is 73.6 Å². The number of hydrogen-bond acceptors (Lipinski definition) is 9. The lowest BCUT2D eigenvalue weighted by Gasteiger charge is -2.31. The number of nitrogens with zero attached hydrogens (tertiary/aromatic N) is 2. The van der Waals surface area contributed by atoms with Crippen molar-refractivity contribution < 1.29 is 42.2 Å². The molecule has 1 aromatic carbocycles. The van der Waals surface area contributed by atoms with Crippen LogP contribution in [0.4, 0.5) is 4.79 Å². The molecule has 2 aromatic rings. The molecule has 264 valence electrons.